The van der Waals surface area contributed by atoms with Gasteiger partial charge in [0.2, 0.25) is 0 Å². The van der Waals surface area contributed by atoms with Gasteiger partial charge in [-0.3, -0.25) is 9.59 Å². The van der Waals surface area contributed by atoms with Gasteiger partial charge in [0.15, 0.2) is 11.6 Å². The summed E-state index contributed by atoms with van der Waals surface area (Å²) >= 11 is 0. The van der Waals surface area contributed by atoms with Gasteiger partial charge in [0.25, 0.3) is 0 Å². The number of nitrogens with two attached hydrogens (primary N) is 1. The van der Waals surface area contributed by atoms with E-state index in [2.05, 4.69) is 0 Å². The Morgan fingerprint density at radius 1 is 1.00 bits per heavy atom. The molecule has 0 saturated heterocycles. The minimum atomic E-state index is -0.605. The van der Waals surface area contributed by atoms with Crippen LogP contribution in [0, 0.1) is 30.6 Å². The molecular weight excluding hydrogens is 278 g/mol. The Labute approximate surface area is 130 Å². The van der Waals surface area contributed by atoms with Gasteiger partial charge in [-0.1, -0.05) is 6.07 Å². The molecule has 1 aromatic carbocycles. The molecule has 4 nitrogen and oxygen atoms in total. The largest absolute Gasteiger partial charge is 0.412 e. The molecule has 4 aliphatic carbocycles. The van der Waals surface area contributed by atoms with Crippen molar-refractivity contribution >= 4 is 11.6 Å². The quantitative estimate of drug-likeness (QED) is 0.673. The highest BCUT2D eigenvalue weighted by Crippen LogP contribution is 2.56. The van der Waals surface area contributed by atoms with Crippen molar-refractivity contribution in [1.29, 1.82) is 0 Å². The van der Waals surface area contributed by atoms with Crippen LogP contribution in [-0.4, -0.2) is 11.6 Å². The van der Waals surface area contributed by atoms with Gasteiger partial charge in [0.05, 0.1) is 0 Å². The molecule has 2 bridgehead atoms. The molecule has 2 atom stereocenters. The lowest BCUT2D eigenvalue weighted by atomic mass is 9.59. The van der Waals surface area contributed by atoms with Crippen molar-refractivity contribution in [3.63, 3.8) is 0 Å². The summed E-state index contributed by atoms with van der Waals surface area (Å²) in [5.41, 5.74) is 1.74. The average molecular weight is 299 g/mol. The fourth-order valence-electron chi connectivity index (χ4n) is 5.10. The lowest BCUT2D eigenvalue weighted by Gasteiger charge is -2.43. The molecule has 2 N–H and O–H groups in total. The zero-order valence-corrected chi connectivity index (χ0v) is 12.7. The molecule has 4 fully saturated rings. The van der Waals surface area contributed by atoms with Crippen LogP contribution in [0.3, 0.4) is 0 Å². The third-order valence-corrected chi connectivity index (χ3v) is 6.14. The number of carbonyl (C=O) groups is 2. The lowest BCUT2D eigenvalue weighted by molar-refractivity contribution is -0.129. The number of hydrogen-bond donors (Lipinski definition) is 1. The smallest absolute Gasteiger partial charge is 0.151 e. The highest BCUT2D eigenvalue weighted by molar-refractivity contribution is 6.16. The summed E-state index contributed by atoms with van der Waals surface area (Å²) in [6, 6.07) is 5.39. The minimum Gasteiger partial charge on any atom is -0.412 e. The van der Waals surface area contributed by atoms with Crippen molar-refractivity contribution in [3.8, 4) is 5.75 Å². The van der Waals surface area contributed by atoms with Gasteiger partial charge < -0.3 is 4.84 Å². The Kier molecular flexibility index (Phi) is 3.12. The highest BCUT2D eigenvalue weighted by Gasteiger charge is 2.58. The van der Waals surface area contributed by atoms with Crippen LogP contribution < -0.4 is 10.7 Å². The van der Waals surface area contributed by atoms with Gasteiger partial charge in [0.1, 0.15) is 11.7 Å². The maximum absolute atomic E-state index is 13.0. The van der Waals surface area contributed by atoms with Crippen LogP contribution in [0.2, 0.25) is 0 Å². The topological polar surface area (TPSA) is 69.4 Å². The molecule has 4 aliphatic rings. The molecule has 2 unspecified atom stereocenters. The second-order valence-corrected chi connectivity index (χ2v) is 7.10. The second-order valence-electron chi connectivity index (χ2n) is 7.10. The van der Waals surface area contributed by atoms with Gasteiger partial charge in [-0.05, 0) is 67.7 Å². The molecule has 5 rings (SSSR count). The molecular formula is C18H21NO3. The number of fused-ring (bicyclic) bond motifs is 2. The first-order valence-electron chi connectivity index (χ1n) is 8.16. The maximum Gasteiger partial charge on any atom is 0.151 e. The molecule has 1 aromatic rings. The number of carbonyl (C=O) groups excluding carboxylic acids is 2. The van der Waals surface area contributed by atoms with Crippen LogP contribution in [-0.2, 0) is 9.59 Å². The fraction of sp³-hybridized carbons (Fsp3) is 0.556. The van der Waals surface area contributed by atoms with Gasteiger partial charge in [-0.2, -0.15) is 5.90 Å². The molecule has 0 radical (unpaired) electrons. The van der Waals surface area contributed by atoms with Crippen molar-refractivity contribution in [2.45, 2.75) is 38.5 Å². The average Bonchev–Trinajstić information content (AvgIpc) is 2.83. The Morgan fingerprint density at radius 2 is 1.55 bits per heavy atom. The van der Waals surface area contributed by atoms with Crippen molar-refractivity contribution in [2.24, 2.45) is 29.6 Å². The Hall–Kier alpha value is -1.68. The molecule has 0 spiro atoms. The summed E-state index contributed by atoms with van der Waals surface area (Å²) in [7, 11) is 0. The van der Waals surface area contributed by atoms with Crippen molar-refractivity contribution < 1.29 is 14.4 Å². The lowest BCUT2D eigenvalue weighted by Crippen LogP contribution is -2.41. The van der Waals surface area contributed by atoms with E-state index in [1.54, 1.807) is 12.1 Å². The summed E-state index contributed by atoms with van der Waals surface area (Å²) in [4.78, 5) is 30.8. The zero-order valence-electron chi connectivity index (χ0n) is 12.7. The van der Waals surface area contributed by atoms with Crippen molar-refractivity contribution in [2.75, 3.05) is 0 Å². The van der Waals surface area contributed by atoms with E-state index in [0.717, 1.165) is 36.8 Å². The Bertz CT molecular complexity index is 616. The maximum atomic E-state index is 13.0. The van der Waals surface area contributed by atoms with Crippen LogP contribution in [0.1, 0.15) is 42.7 Å². The predicted octanol–water partition coefficient (Wildman–Crippen LogP) is 2.54. The van der Waals surface area contributed by atoms with E-state index in [0.29, 0.717) is 17.6 Å². The molecule has 22 heavy (non-hydrogen) atoms. The van der Waals surface area contributed by atoms with E-state index in [1.807, 2.05) is 13.0 Å². The minimum absolute atomic E-state index is 0.0353. The van der Waals surface area contributed by atoms with Gasteiger partial charge in [-0.15, -0.1) is 0 Å². The Balaban J connectivity index is 1.77. The van der Waals surface area contributed by atoms with Crippen LogP contribution in [0.25, 0.3) is 0 Å². The SMILES string of the molecule is Cc1ccc(ON)cc1C1C(=O)C2C3CCC(CC3)C2C1=O. The number of aryl methyl sites for hydroxylation is 1. The Morgan fingerprint density at radius 3 is 2.05 bits per heavy atom. The molecule has 4 saturated carbocycles. The van der Waals surface area contributed by atoms with Crippen molar-refractivity contribution in [3.05, 3.63) is 29.3 Å². The number of ketones is 2. The summed E-state index contributed by atoms with van der Waals surface area (Å²) in [6.07, 6.45) is 4.45. The molecule has 0 amide bonds. The molecule has 0 aliphatic heterocycles. The van der Waals surface area contributed by atoms with E-state index >= 15 is 0 Å². The van der Waals surface area contributed by atoms with E-state index in [4.69, 9.17) is 10.7 Å². The summed E-state index contributed by atoms with van der Waals surface area (Å²) < 4.78 is 0. The third-order valence-electron chi connectivity index (χ3n) is 6.14. The van der Waals surface area contributed by atoms with E-state index < -0.39 is 5.92 Å². The molecule has 4 heteroatoms. The molecule has 0 aromatic heterocycles. The van der Waals surface area contributed by atoms with Gasteiger partial charge >= 0.3 is 0 Å². The highest BCUT2D eigenvalue weighted by atomic mass is 16.6. The third kappa shape index (κ3) is 1.80. The molecule has 116 valence electrons. The summed E-state index contributed by atoms with van der Waals surface area (Å²) in [5, 5.41) is 0. The molecule has 0 heterocycles. The number of hydrogen-bond acceptors (Lipinski definition) is 4. The number of rotatable bonds is 2. The monoisotopic (exact) mass is 299 g/mol. The first-order valence-corrected chi connectivity index (χ1v) is 8.16. The van der Waals surface area contributed by atoms with Crippen LogP contribution in [0.5, 0.6) is 5.75 Å². The van der Waals surface area contributed by atoms with E-state index in [1.165, 1.54) is 0 Å². The van der Waals surface area contributed by atoms with Crippen LogP contribution >= 0.6 is 0 Å². The first kappa shape index (κ1) is 13.9. The van der Waals surface area contributed by atoms with Crippen LogP contribution in [0.4, 0.5) is 0 Å². The number of benzene rings is 1. The van der Waals surface area contributed by atoms with Gasteiger partial charge in [0, 0.05) is 11.8 Å². The summed E-state index contributed by atoms with van der Waals surface area (Å²) in [5.74, 6) is 6.19. The normalized spacial score (nSPS) is 36.5. The second kappa shape index (κ2) is 4.92. The number of Topliss-reactive ketones (excluding diaryl/α,β-unsaturated/α-hetero) is 2. The van der Waals surface area contributed by atoms with Gasteiger partial charge in [-0.25, -0.2) is 0 Å². The van der Waals surface area contributed by atoms with Crippen molar-refractivity contribution in [1.82, 2.24) is 0 Å². The van der Waals surface area contributed by atoms with E-state index in [-0.39, 0.29) is 23.4 Å². The standard InChI is InChI=1S/C18H21NO3/c1-9-2-7-12(22-19)8-13(9)16-17(20)14-10-3-4-11(6-5-10)15(14)18(16)21/h2,7-8,10-11,14-16H,3-6,19H2,1H3. The predicted molar refractivity (Wildman–Crippen MR) is 81.2 cm³/mol. The summed E-state index contributed by atoms with van der Waals surface area (Å²) in [6.45, 7) is 1.94. The van der Waals surface area contributed by atoms with Crippen LogP contribution in [0.15, 0.2) is 18.2 Å². The fourth-order valence-corrected chi connectivity index (χ4v) is 5.10. The van der Waals surface area contributed by atoms with E-state index in [9.17, 15) is 9.59 Å². The zero-order chi connectivity index (χ0) is 15.4. The first-order chi connectivity index (χ1) is 10.6.